The summed E-state index contributed by atoms with van der Waals surface area (Å²) < 4.78 is 18.8. The summed E-state index contributed by atoms with van der Waals surface area (Å²) in [7, 11) is 3.40. The maximum atomic E-state index is 15.1. The lowest BCUT2D eigenvalue weighted by Gasteiger charge is -2.34. The van der Waals surface area contributed by atoms with Crippen LogP contribution in [0.4, 0.5) is 0 Å². The van der Waals surface area contributed by atoms with Crippen molar-refractivity contribution >= 4 is 47.3 Å². The highest BCUT2D eigenvalue weighted by atomic mass is 16.5. The van der Waals surface area contributed by atoms with E-state index in [1.165, 1.54) is 0 Å². The van der Waals surface area contributed by atoms with Crippen molar-refractivity contribution in [3.63, 3.8) is 0 Å². The third-order valence-corrected chi connectivity index (χ3v) is 20.2. The molecule has 0 bridgehead atoms. The van der Waals surface area contributed by atoms with Gasteiger partial charge in [-0.05, 0) is 107 Å². The third-order valence-electron chi connectivity index (χ3n) is 20.2. The predicted molar refractivity (Wildman–Crippen MR) is 342 cm³/mol. The van der Waals surface area contributed by atoms with Crippen LogP contribution in [0.15, 0.2) is 97.2 Å². The van der Waals surface area contributed by atoms with Crippen LogP contribution in [0, 0.1) is 17.3 Å². The van der Waals surface area contributed by atoms with Gasteiger partial charge < -0.3 is 71.7 Å². The van der Waals surface area contributed by atoms with Crippen molar-refractivity contribution in [2.45, 2.75) is 163 Å². The summed E-state index contributed by atoms with van der Waals surface area (Å²) in [4.78, 5) is 115. The van der Waals surface area contributed by atoms with E-state index in [0.29, 0.717) is 102 Å². The first-order valence-corrected chi connectivity index (χ1v) is 33.3. The van der Waals surface area contributed by atoms with Crippen molar-refractivity contribution in [2.24, 2.45) is 17.3 Å². The number of carbonyl (C=O) groups is 8. The SMILES string of the molecule is CC[C@H](NC)C(=O)N[C@@H]1C(=O)N2[C@H](C(=O)N[C@H](C(=O)NCCOCCOCCOCCNC(=O)CCc3cn(C4CC45CC[C@H]4CC[C@@H](C(=O)NC(c6ccccc6)c6ccccc6)N4C(=O)[C@H]5NC(=O)[C@H](CC)NC)nn3)c3ccccc3)CCC23CC3C[C@@H]1CO. The number of aryl methyl sites for hydroxylation is 1. The molecule has 4 unspecified atom stereocenters. The highest BCUT2D eigenvalue weighted by Gasteiger charge is 2.69. The summed E-state index contributed by atoms with van der Waals surface area (Å²) in [6.45, 7) is 5.50. The van der Waals surface area contributed by atoms with E-state index < -0.39 is 77.0 Å². The molecule has 4 aromatic rings. The molecule has 93 heavy (non-hydrogen) atoms. The van der Waals surface area contributed by atoms with Gasteiger partial charge in [0, 0.05) is 61.6 Å². The van der Waals surface area contributed by atoms with Crippen molar-refractivity contribution in [3.05, 3.63) is 120 Å². The van der Waals surface area contributed by atoms with E-state index in [1.54, 1.807) is 52.8 Å². The number of hydrogen-bond acceptors (Lipinski definition) is 16. The number of ether oxygens (including phenoxy) is 3. The summed E-state index contributed by atoms with van der Waals surface area (Å²) in [6, 6.07) is 22.0. The molecule has 0 radical (unpaired) electrons. The lowest BCUT2D eigenvalue weighted by Crippen LogP contribution is -2.60. The number of likely N-dealkylation sites (N-methyl/N-ethyl adjacent to an activating group) is 2. The molecule has 8 amide bonds. The topological polar surface area (TPSA) is 318 Å². The Labute approximate surface area is 543 Å². The van der Waals surface area contributed by atoms with Crippen LogP contribution in [0.2, 0.25) is 0 Å². The second-order valence-electron chi connectivity index (χ2n) is 25.6. The van der Waals surface area contributed by atoms with Gasteiger partial charge in [0.1, 0.15) is 30.2 Å². The van der Waals surface area contributed by atoms with Gasteiger partial charge in [0.25, 0.3) is 0 Å². The summed E-state index contributed by atoms with van der Waals surface area (Å²) in [5.74, 6) is -2.99. The fourth-order valence-electron chi connectivity index (χ4n) is 14.9. The minimum atomic E-state index is -1.06. The molecule has 2 saturated carbocycles. The fourth-order valence-corrected chi connectivity index (χ4v) is 14.9. The number of hydrogen-bond donors (Lipinski definition) is 9. The Morgan fingerprint density at radius 3 is 1.86 bits per heavy atom. The summed E-state index contributed by atoms with van der Waals surface area (Å²) in [5.41, 5.74) is 1.86. The molecule has 6 aliphatic rings. The Hall–Kier alpha value is -7.68. The summed E-state index contributed by atoms with van der Waals surface area (Å²) in [5, 5.41) is 43.3. The summed E-state index contributed by atoms with van der Waals surface area (Å²) >= 11 is 0. The molecule has 25 nitrogen and oxygen atoms in total. The number of nitrogens with zero attached hydrogens (tertiary/aromatic N) is 5. The number of rotatable bonds is 33. The minimum absolute atomic E-state index is 0.0939. The number of aliphatic hydroxyl groups is 1. The molecule has 2 aliphatic carbocycles. The van der Waals surface area contributed by atoms with Gasteiger partial charge in [0.05, 0.1) is 69.5 Å². The smallest absolute Gasteiger partial charge is 0.247 e. The van der Waals surface area contributed by atoms with Gasteiger partial charge in [0.15, 0.2) is 0 Å². The van der Waals surface area contributed by atoms with Crippen LogP contribution in [-0.4, -0.2) is 198 Å². The lowest BCUT2D eigenvalue weighted by molar-refractivity contribution is -0.145. The van der Waals surface area contributed by atoms with Crippen LogP contribution in [0.1, 0.15) is 131 Å². The molecule has 502 valence electrons. The second kappa shape index (κ2) is 31.5. The standard InChI is InChI=1S/C68H93N13O12/c1-5-50(69-3)60(84)75-58-46(42-82)38-47-39-68(47)29-27-53(81(68)65(58)89)63(87)74-57(45-20-14-9-15-21-45)64(88)72-31-33-92-35-37-93-36-34-91-32-30-71-55(83)25-22-48-41-79(78-77-48)54-40-67(54)28-26-49-23-24-52(80(49)66(90)59(67)76-61(85)51(6-2)70-4)62(86)73-56(43-16-10-7-11-17-43)44-18-12-8-13-19-44/h7-21,41,46-47,49-54,56-59,69-70,82H,5-6,22-40,42H2,1-4H3,(H,71,83)(H,72,88)(H,73,86)(H,74,87)(H,75,84)(H,76,85)/t46-,47?,49-,50+,51+,52+,53+,54?,57+,58+,59-,67?,68?/m1/s1. The zero-order valence-corrected chi connectivity index (χ0v) is 53.9. The van der Waals surface area contributed by atoms with Crippen LogP contribution in [0.3, 0.4) is 0 Å². The van der Waals surface area contributed by atoms with Crippen molar-refractivity contribution in [2.75, 3.05) is 73.4 Å². The quantitative estimate of drug-likeness (QED) is 0.0309. The summed E-state index contributed by atoms with van der Waals surface area (Å²) in [6.07, 6.45) is 8.70. The molecule has 4 saturated heterocycles. The van der Waals surface area contributed by atoms with Gasteiger partial charge in [0.2, 0.25) is 47.3 Å². The highest BCUT2D eigenvalue weighted by Crippen LogP contribution is 2.64. The molecule has 5 heterocycles. The molecule has 6 fully saturated rings. The van der Waals surface area contributed by atoms with E-state index in [0.717, 1.165) is 17.5 Å². The number of aliphatic hydroxyl groups excluding tert-OH is 1. The Morgan fingerprint density at radius 2 is 1.25 bits per heavy atom. The molecule has 2 spiro atoms. The maximum absolute atomic E-state index is 15.1. The number of benzene rings is 3. The monoisotopic (exact) mass is 1280 g/mol. The fraction of sp³-hybridized carbons (Fsp3) is 0.588. The Kier molecular flexibility index (Phi) is 23.1. The number of fused-ring (bicyclic) bond motifs is 1. The van der Waals surface area contributed by atoms with Gasteiger partial charge in [-0.1, -0.05) is 110 Å². The van der Waals surface area contributed by atoms with Gasteiger partial charge in [-0.15, -0.1) is 5.10 Å². The average Bonchev–Trinajstić information content (AvgIpc) is 1.54. The second-order valence-corrected chi connectivity index (χ2v) is 25.6. The third kappa shape index (κ3) is 15.6. The number of nitrogens with one attached hydrogen (secondary N) is 8. The molecule has 10 rings (SSSR count). The van der Waals surface area contributed by atoms with E-state index in [2.05, 4.69) is 52.8 Å². The van der Waals surface area contributed by atoms with Crippen molar-refractivity contribution in [1.82, 2.24) is 67.3 Å². The van der Waals surface area contributed by atoms with E-state index >= 15 is 4.79 Å². The van der Waals surface area contributed by atoms with Crippen molar-refractivity contribution in [3.8, 4) is 0 Å². The first-order valence-electron chi connectivity index (χ1n) is 33.3. The van der Waals surface area contributed by atoms with Crippen LogP contribution in [-0.2, 0) is 59.0 Å². The molecular formula is C68H93N13O12. The Bertz CT molecular complexity index is 3170. The van der Waals surface area contributed by atoms with Gasteiger partial charge in [-0.25, -0.2) is 4.68 Å². The van der Waals surface area contributed by atoms with Crippen LogP contribution in [0.5, 0.6) is 0 Å². The van der Waals surface area contributed by atoms with Crippen molar-refractivity contribution < 1.29 is 57.7 Å². The molecule has 25 heteroatoms. The van der Waals surface area contributed by atoms with Crippen LogP contribution in [0.25, 0.3) is 0 Å². The predicted octanol–water partition coefficient (Wildman–Crippen LogP) is 2.07. The van der Waals surface area contributed by atoms with Crippen LogP contribution >= 0.6 is 0 Å². The lowest BCUT2D eigenvalue weighted by atomic mass is 9.88. The molecular weight excluding hydrogens is 1190 g/mol. The number of amides is 8. The molecule has 13 atom stereocenters. The molecule has 9 N–H and O–H groups in total. The molecule has 1 aromatic heterocycles. The first-order chi connectivity index (χ1) is 45.2. The normalized spacial score (nSPS) is 26.2. The van der Waals surface area contributed by atoms with E-state index in [4.69, 9.17) is 14.2 Å². The van der Waals surface area contributed by atoms with E-state index in [9.17, 15) is 38.7 Å². The minimum Gasteiger partial charge on any atom is -0.396 e. The number of carbonyl (C=O) groups excluding carboxylic acids is 8. The number of aromatic nitrogens is 3. The van der Waals surface area contributed by atoms with Crippen molar-refractivity contribution in [1.29, 1.82) is 0 Å². The van der Waals surface area contributed by atoms with Crippen LogP contribution < -0.4 is 42.5 Å². The maximum Gasteiger partial charge on any atom is 0.247 e. The Balaban J connectivity index is 0.622. The van der Waals surface area contributed by atoms with Gasteiger partial charge in [-0.2, -0.15) is 0 Å². The largest absolute Gasteiger partial charge is 0.396 e. The zero-order chi connectivity index (χ0) is 65.7. The van der Waals surface area contributed by atoms with E-state index in [-0.39, 0.29) is 99.4 Å². The zero-order valence-electron chi connectivity index (χ0n) is 53.9. The average molecular weight is 1280 g/mol. The van der Waals surface area contributed by atoms with Gasteiger partial charge >= 0.3 is 0 Å². The molecule has 3 aromatic carbocycles. The first kappa shape index (κ1) is 68.2. The molecule has 4 aliphatic heterocycles. The Morgan fingerprint density at radius 1 is 0.656 bits per heavy atom. The highest BCUT2D eigenvalue weighted by molar-refractivity contribution is 5.97. The van der Waals surface area contributed by atoms with Gasteiger partial charge in [-0.3, -0.25) is 38.4 Å². The van der Waals surface area contributed by atoms with E-state index in [1.807, 2.05) is 86.8 Å².